The number of nitrogens with zero attached hydrogens (tertiary/aromatic N) is 4. The molecular formula is C87H108Br3N5O16. The highest BCUT2D eigenvalue weighted by atomic mass is 79.9. The van der Waals surface area contributed by atoms with E-state index in [1.807, 2.05) is 60.7 Å². The Kier molecular flexibility index (Phi) is 23.7. The monoisotopic (exact) mass is 1720 g/mol. The molecule has 5 aliphatic carbocycles. The number of ketones is 1. The first kappa shape index (κ1) is 82.1. The third-order valence-corrected chi connectivity index (χ3v) is 27.6. The number of halogens is 3. The van der Waals surface area contributed by atoms with Crippen molar-refractivity contribution in [1.82, 2.24) is 24.9 Å². The molecule has 14 unspecified atom stereocenters. The van der Waals surface area contributed by atoms with Crippen LogP contribution in [0.4, 0.5) is 0 Å². The summed E-state index contributed by atoms with van der Waals surface area (Å²) in [5.41, 5.74) is 11.4. The summed E-state index contributed by atoms with van der Waals surface area (Å²) in [4.78, 5) is 32.0. The van der Waals surface area contributed by atoms with Crippen LogP contribution in [0.25, 0.3) is 0 Å². The van der Waals surface area contributed by atoms with E-state index in [0.29, 0.717) is 45.2 Å². The number of hydrogen-bond acceptors (Lipinski definition) is 20. The van der Waals surface area contributed by atoms with Gasteiger partial charge in [0.1, 0.15) is 30.5 Å². The molecule has 10 heterocycles. The topological polar surface area (TPSA) is 232 Å². The Balaban J connectivity index is 0.000000121. The minimum Gasteiger partial charge on any atom is -0.493 e. The maximum atomic E-state index is 11.9. The minimum absolute atomic E-state index is 0. The van der Waals surface area contributed by atoms with Crippen molar-refractivity contribution in [1.29, 1.82) is 0 Å². The first-order valence-electron chi connectivity index (χ1n) is 37.7. The molecule has 0 saturated carbocycles. The second-order valence-electron chi connectivity index (χ2n) is 31.6. The highest BCUT2D eigenvalue weighted by Crippen LogP contribution is 2.62. The van der Waals surface area contributed by atoms with Crippen LogP contribution in [0, 0.1) is 0 Å². The first-order valence-corrected chi connectivity index (χ1v) is 40.1. The lowest BCUT2D eigenvalue weighted by Gasteiger charge is -2.35. The molecule has 15 aliphatic rings. The van der Waals surface area contributed by atoms with Gasteiger partial charge in [0.25, 0.3) is 0 Å². The van der Waals surface area contributed by atoms with Gasteiger partial charge >= 0.3 is 0 Å². The van der Waals surface area contributed by atoms with Crippen molar-refractivity contribution in [2.75, 3.05) is 89.4 Å². The molecular weight excluding hydrogens is 1610 g/mol. The van der Waals surface area contributed by atoms with Gasteiger partial charge < -0.3 is 92.7 Å². The number of methoxy groups -OCH3 is 5. The molecule has 0 saturated heterocycles. The number of amides is 1. The molecule has 111 heavy (non-hydrogen) atoms. The number of rotatable bonds is 6. The van der Waals surface area contributed by atoms with E-state index in [-0.39, 0.29) is 85.7 Å². The van der Waals surface area contributed by atoms with E-state index in [1.54, 1.807) is 46.5 Å². The second kappa shape index (κ2) is 32.0. The van der Waals surface area contributed by atoms with E-state index in [0.717, 1.165) is 173 Å². The molecule has 5 aromatic rings. The van der Waals surface area contributed by atoms with Gasteiger partial charge in [0.2, 0.25) is 6.41 Å². The van der Waals surface area contributed by atoms with Crippen LogP contribution in [0.1, 0.15) is 142 Å². The average molecular weight is 1720 g/mol. The number of hydrogen-bond donors (Lipinski definition) is 5. The van der Waals surface area contributed by atoms with Crippen LogP contribution in [-0.2, 0) is 69.4 Å². The fourth-order valence-electron chi connectivity index (χ4n) is 20.1. The van der Waals surface area contributed by atoms with Crippen LogP contribution in [0.5, 0.6) is 57.5 Å². The summed E-state index contributed by atoms with van der Waals surface area (Å²) in [6, 6.07) is 14.0. The Morgan fingerprint density at radius 3 is 1.20 bits per heavy atom. The summed E-state index contributed by atoms with van der Waals surface area (Å²) in [7, 11) is 14.8. The first-order chi connectivity index (χ1) is 52.1. The SMILES string of the molecule is C.C.C.COc1cc(Br)c2c3c1OC1CC(=O)C=CC31CCN(C)C2.COc1cc(Br)c2c3c1OC1CC(O)C=CC31CCN(C)C2.COc1cc(Br)c2c3c1OC1CC(O)C=CC31CCNC2.COc1ccc2c3c1OC1CC(O)C=CC31CCN(C)C2.COc1ccc2c3c1OC1CC(O)C=CC31CCN(C=O)C2. The van der Waals surface area contributed by atoms with Gasteiger partial charge in [-0.1, -0.05) is 137 Å². The molecule has 0 fully saturated rings. The van der Waals surface area contributed by atoms with Crippen molar-refractivity contribution in [3.8, 4) is 57.5 Å². The largest absolute Gasteiger partial charge is 0.493 e. The molecule has 5 N–H and O–H groups in total. The zero-order chi connectivity index (χ0) is 75.5. The van der Waals surface area contributed by atoms with Gasteiger partial charge in [-0.2, -0.15) is 0 Å². The Hall–Kier alpha value is -6.94. The molecule has 5 aromatic carbocycles. The van der Waals surface area contributed by atoms with Crippen LogP contribution in [-0.4, -0.2) is 197 Å². The number of carbonyl (C=O) groups is 2. The van der Waals surface area contributed by atoms with Gasteiger partial charge in [0.05, 0.1) is 87.0 Å². The summed E-state index contributed by atoms with van der Waals surface area (Å²) >= 11 is 11.1. The van der Waals surface area contributed by atoms with Crippen molar-refractivity contribution in [2.45, 2.75) is 201 Å². The Bertz CT molecular complexity index is 4570. The molecule has 0 bridgehead atoms. The summed E-state index contributed by atoms with van der Waals surface area (Å²) in [6.45, 7) is 8.71. The lowest BCUT2D eigenvalue weighted by molar-refractivity contribution is -0.119. The van der Waals surface area contributed by atoms with Crippen LogP contribution in [0.15, 0.2) is 117 Å². The molecule has 1 amide bonds. The van der Waals surface area contributed by atoms with Gasteiger partial charge in [-0.25, -0.2) is 0 Å². The zero-order valence-electron chi connectivity index (χ0n) is 62.3. The van der Waals surface area contributed by atoms with E-state index in [4.69, 9.17) is 47.4 Å². The third kappa shape index (κ3) is 13.7. The fraction of sp³-hybridized carbons (Fsp3) is 0.517. The van der Waals surface area contributed by atoms with Gasteiger partial charge in [0.15, 0.2) is 63.3 Å². The van der Waals surface area contributed by atoms with Crippen molar-refractivity contribution in [3.63, 3.8) is 0 Å². The van der Waals surface area contributed by atoms with Gasteiger partial charge in [-0.15, -0.1) is 0 Å². The number of aliphatic hydroxyl groups is 4. The van der Waals surface area contributed by atoms with Gasteiger partial charge in [0, 0.05) is 113 Å². The van der Waals surface area contributed by atoms with Crippen LogP contribution in [0.3, 0.4) is 0 Å². The molecule has 21 nitrogen and oxygen atoms in total. The molecule has 0 radical (unpaired) electrons. The quantitative estimate of drug-likeness (QED) is 0.0785. The normalized spacial score (nSPS) is 31.3. The molecule has 5 spiro atoms. The molecule has 598 valence electrons. The predicted octanol–water partition coefficient (Wildman–Crippen LogP) is 12.8. The van der Waals surface area contributed by atoms with E-state index < -0.39 is 24.4 Å². The minimum atomic E-state index is -0.482. The van der Waals surface area contributed by atoms with E-state index in [1.165, 1.54) is 44.5 Å². The smallest absolute Gasteiger partial charge is 0.210 e. The molecule has 14 atom stereocenters. The van der Waals surface area contributed by atoms with E-state index in [9.17, 15) is 30.0 Å². The Morgan fingerprint density at radius 2 is 0.784 bits per heavy atom. The van der Waals surface area contributed by atoms with E-state index in [2.05, 4.69) is 125 Å². The highest BCUT2D eigenvalue weighted by molar-refractivity contribution is 9.11. The number of ether oxygens (including phenoxy) is 10. The molecule has 20 rings (SSSR count). The lowest BCUT2D eigenvalue weighted by Crippen LogP contribution is -2.42. The average Bonchev–Trinajstić information content (AvgIpc) is 1.60. The van der Waals surface area contributed by atoms with Crippen LogP contribution in [0.2, 0.25) is 0 Å². The Morgan fingerprint density at radius 1 is 0.441 bits per heavy atom. The maximum Gasteiger partial charge on any atom is 0.210 e. The summed E-state index contributed by atoms with van der Waals surface area (Å²) < 4.78 is 61.9. The van der Waals surface area contributed by atoms with Crippen LogP contribution < -0.4 is 52.7 Å². The Labute approximate surface area is 678 Å². The predicted molar refractivity (Wildman–Crippen MR) is 437 cm³/mol. The zero-order valence-corrected chi connectivity index (χ0v) is 67.1. The maximum absolute atomic E-state index is 11.9. The molecule has 0 aromatic heterocycles. The summed E-state index contributed by atoms with van der Waals surface area (Å²) in [5, 5.41) is 43.4. The molecule has 24 heteroatoms. The number of aliphatic hydroxyl groups excluding tert-OH is 4. The molecule has 10 aliphatic heterocycles. The van der Waals surface area contributed by atoms with E-state index >= 15 is 0 Å². The summed E-state index contributed by atoms with van der Waals surface area (Å²) in [5.74, 6) is 8.12. The lowest BCUT2D eigenvalue weighted by atomic mass is 9.69. The second-order valence-corrected chi connectivity index (χ2v) is 34.2. The fourth-order valence-corrected chi connectivity index (χ4v) is 21.7. The van der Waals surface area contributed by atoms with Crippen LogP contribution >= 0.6 is 47.8 Å². The number of nitrogens with one attached hydrogen (secondary N) is 1. The number of carbonyl (C=O) groups excluding carboxylic acids is 2. The highest BCUT2D eigenvalue weighted by Gasteiger charge is 2.58. The standard InChI is InChI=1S/C17H20BrNO3.C17H18BrNO3.C17H19NO4.C17H21NO3.C16H18BrNO3.3CH4/c2*1-19-6-5-17-4-3-10(20)7-14(17)22-16-13(21-2)8-12(18)11(9-19)15(16)17;1-21-13-3-2-11-9-18(10-19)7-6-17-5-4-12(20)8-14(17)22-16(13)15(11)17;1-18-8-7-17-6-5-12(19)9-14(17)21-16-13(20-2)4-3-11(10-18)15(16)17;1-20-12-7-11(17)10-8-18-5-4-16-3-2-9(19)6-13(16)21-15(12)14(10)16;;;/h3-4,8,10,14,20H,5-7,9H2,1-2H3;3-4,8,14H,5-7,9H2,1-2H3;2-5,10,12,14,20H,6-9H2,1H3;3-6,12,14,19H,7-10H2,1-2H3;2-3,7,9,13,18-19H,4-6,8H2,1H3;3*1H4. The summed E-state index contributed by atoms with van der Waals surface area (Å²) in [6.07, 6.45) is 26.6. The van der Waals surface area contributed by atoms with Crippen molar-refractivity contribution >= 4 is 60.0 Å². The van der Waals surface area contributed by atoms with Crippen molar-refractivity contribution in [2.24, 2.45) is 0 Å². The number of allylic oxidation sites excluding steroid dienone is 1. The van der Waals surface area contributed by atoms with Gasteiger partial charge in [-0.3, -0.25) is 9.59 Å². The van der Waals surface area contributed by atoms with Crippen molar-refractivity contribution < 1.29 is 77.4 Å². The van der Waals surface area contributed by atoms with Gasteiger partial charge in [-0.05, 0) is 144 Å². The van der Waals surface area contributed by atoms with Crippen molar-refractivity contribution in [3.05, 3.63) is 172 Å². The third-order valence-electron chi connectivity index (χ3n) is 25.5. The number of benzene rings is 5.